The van der Waals surface area contributed by atoms with E-state index in [2.05, 4.69) is 10.3 Å². The van der Waals surface area contributed by atoms with Crippen molar-refractivity contribution in [3.63, 3.8) is 0 Å². The minimum Gasteiger partial charge on any atom is -0.322 e. The van der Waals surface area contributed by atoms with Crippen LogP contribution in [0.15, 0.2) is 65.1 Å². The van der Waals surface area contributed by atoms with Gasteiger partial charge in [-0.2, -0.15) is 0 Å². The summed E-state index contributed by atoms with van der Waals surface area (Å²) in [5, 5.41) is 5.34. The second-order valence-corrected chi connectivity index (χ2v) is 7.76. The number of aromatic nitrogens is 2. The Morgan fingerprint density at radius 2 is 2.04 bits per heavy atom. The Kier molecular flexibility index (Phi) is 4.72. The number of carbonyl (C=O) groups excluding carboxylic acids is 1. The van der Waals surface area contributed by atoms with Crippen LogP contribution in [0.25, 0.3) is 16.2 Å². The minimum absolute atomic E-state index is 0.221. The molecule has 4 nitrogen and oxygen atoms in total. The van der Waals surface area contributed by atoms with Crippen LogP contribution in [-0.2, 0) is 0 Å². The molecule has 0 bridgehead atoms. The highest BCUT2D eigenvalue weighted by molar-refractivity contribution is 7.98. The summed E-state index contributed by atoms with van der Waals surface area (Å²) in [5.74, 6) is -0.221. The lowest BCUT2D eigenvalue weighted by Gasteiger charge is -2.08. The summed E-state index contributed by atoms with van der Waals surface area (Å²) >= 11 is 9.34. The van der Waals surface area contributed by atoms with Crippen LogP contribution in [0.4, 0.5) is 5.69 Å². The zero-order valence-corrected chi connectivity index (χ0v) is 16.2. The predicted octanol–water partition coefficient (Wildman–Crippen LogP) is 5.69. The Morgan fingerprint density at radius 3 is 2.77 bits per heavy atom. The Bertz CT molecular complexity index is 1060. The zero-order valence-electron chi connectivity index (χ0n) is 13.8. The topological polar surface area (TPSA) is 46.4 Å². The molecular formula is C19H14ClN3OS2. The van der Waals surface area contributed by atoms with Crippen molar-refractivity contribution in [2.24, 2.45) is 0 Å². The first-order valence-electron chi connectivity index (χ1n) is 7.81. The van der Waals surface area contributed by atoms with Crippen molar-refractivity contribution in [2.75, 3.05) is 11.6 Å². The number of imidazole rings is 1. The van der Waals surface area contributed by atoms with Crippen molar-refractivity contribution in [1.82, 2.24) is 9.38 Å². The highest BCUT2D eigenvalue weighted by Gasteiger charge is 2.12. The molecule has 0 radical (unpaired) electrons. The van der Waals surface area contributed by atoms with Gasteiger partial charge in [-0.3, -0.25) is 9.20 Å². The summed E-state index contributed by atoms with van der Waals surface area (Å²) in [6, 6.07) is 13.1. The van der Waals surface area contributed by atoms with E-state index in [9.17, 15) is 4.79 Å². The van der Waals surface area contributed by atoms with Gasteiger partial charge in [0.1, 0.15) is 0 Å². The highest BCUT2D eigenvalue weighted by atomic mass is 35.5. The molecule has 2 aromatic carbocycles. The van der Waals surface area contributed by atoms with E-state index in [-0.39, 0.29) is 5.91 Å². The number of amides is 1. The first-order valence-corrected chi connectivity index (χ1v) is 10.3. The maximum atomic E-state index is 12.5. The number of rotatable bonds is 4. The number of halogens is 1. The molecule has 0 fully saturated rings. The fourth-order valence-electron chi connectivity index (χ4n) is 2.59. The van der Waals surface area contributed by atoms with Gasteiger partial charge in [-0.1, -0.05) is 23.7 Å². The van der Waals surface area contributed by atoms with E-state index in [4.69, 9.17) is 11.6 Å². The van der Waals surface area contributed by atoms with Gasteiger partial charge in [-0.15, -0.1) is 23.1 Å². The quantitative estimate of drug-likeness (QED) is 0.448. The van der Waals surface area contributed by atoms with Crippen molar-refractivity contribution in [3.8, 4) is 11.3 Å². The van der Waals surface area contributed by atoms with E-state index in [1.165, 1.54) is 0 Å². The first kappa shape index (κ1) is 17.1. The largest absolute Gasteiger partial charge is 0.322 e. The summed E-state index contributed by atoms with van der Waals surface area (Å²) in [7, 11) is 0. The number of nitrogens with zero attached hydrogens (tertiary/aromatic N) is 2. The second-order valence-electron chi connectivity index (χ2n) is 5.60. The van der Waals surface area contributed by atoms with Crippen molar-refractivity contribution in [3.05, 3.63) is 70.8 Å². The molecule has 2 aromatic heterocycles. The molecule has 4 aromatic rings. The molecule has 0 aliphatic carbocycles. The maximum Gasteiger partial charge on any atom is 0.257 e. The monoisotopic (exact) mass is 399 g/mol. The van der Waals surface area contributed by atoms with Crippen LogP contribution < -0.4 is 5.32 Å². The smallest absolute Gasteiger partial charge is 0.257 e. The van der Waals surface area contributed by atoms with Crippen LogP contribution in [0, 0.1) is 0 Å². The van der Waals surface area contributed by atoms with Gasteiger partial charge in [0.15, 0.2) is 4.96 Å². The Balaban J connectivity index is 1.54. The lowest BCUT2D eigenvalue weighted by Crippen LogP contribution is -2.12. The molecule has 0 saturated carbocycles. The van der Waals surface area contributed by atoms with Gasteiger partial charge < -0.3 is 5.32 Å². The van der Waals surface area contributed by atoms with E-state index >= 15 is 0 Å². The number of hydrogen-bond donors (Lipinski definition) is 1. The van der Waals surface area contributed by atoms with Crippen LogP contribution in [0.1, 0.15) is 10.4 Å². The van der Waals surface area contributed by atoms with E-state index in [1.54, 1.807) is 35.2 Å². The molecule has 1 amide bonds. The average Bonchev–Trinajstić information content (AvgIpc) is 3.25. The first-order chi connectivity index (χ1) is 12.6. The summed E-state index contributed by atoms with van der Waals surface area (Å²) in [5.41, 5.74) is 3.09. The third-order valence-corrected chi connectivity index (χ3v) is 5.78. The number of anilines is 1. The van der Waals surface area contributed by atoms with Gasteiger partial charge >= 0.3 is 0 Å². The third kappa shape index (κ3) is 3.35. The summed E-state index contributed by atoms with van der Waals surface area (Å²) < 4.78 is 2.00. The lowest BCUT2D eigenvalue weighted by atomic mass is 10.1. The number of fused-ring (bicyclic) bond motifs is 1. The number of thioether (sulfide) groups is 1. The van der Waals surface area contributed by atoms with E-state index in [0.717, 1.165) is 21.1 Å². The third-order valence-electron chi connectivity index (χ3n) is 3.95. The number of hydrogen-bond acceptors (Lipinski definition) is 4. The molecule has 0 aliphatic heterocycles. The van der Waals surface area contributed by atoms with Crippen molar-refractivity contribution >= 4 is 51.3 Å². The Labute approximate surface area is 163 Å². The van der Waals surface area contributed by atoms with Crippen LogP contribution >= 0.6 is 34.7 Å². The summed E-state index contributed by atoms with van der Waals surface area (Å²) in [6.07, 6.45) is 5.94. The molecule has 0 saturated heterocycles. The van der Waals surface area contributed by atoms with E-state index < -0.39 is 0 Å². The van der Waals surface area contributed by atoms with E-state index in [0.29, 0.717) is 16.3 Å². The molecule has 2 heterocycles. The molecule has 7 heteroatoms. The summed E-state index contributed by atoms with van der Waals surface area (Å²) in [6.45, 7) is 0. The van der Waals surface area contributed by atoms with Gasteiger partial charge in [0.2, 0.25) is 0 Å². The lowest BCUT2D eigenvalue weighted by molar-refractivity contribution is 0.102. The van der Waals surface area contributed by atoms with Gasteiger partial charge in [0.05, 0.1) is 16.3 Å². The standard InChI is InChI=1S/C19H14ClN3OS2/c1-25-14-6-7-16(20)15(10-14)18(24)21-13-4-2-12(3-5-13)17-11-23-8-9-26-19(23)22-17/h2-11H,1H3,(H,21,24). The SMILES string of the molecule is CSc1ccc(Cl)c(C(=O)Nc2ccc(-c3cn4ccsc4n3)cc2)c1. The van der Waals surface area contributed by atoms with Crippen LogP contribution in [0.2, 0.25) is 5.02 Å². The molecule has 4 rings (SSSR count). The van der Waals surface area contributed by atoms with Crippen LogP contribution in [-0.4, -0.2) is 21.5 Å². The summed E-state index contributed by atoms with van der Waals surface area (Å²) in [4.78, 5) is 19.1. The highest BCUT2D eigenvalue weighted by Crippen LogP contribution is 2.26. The van der Waals surface area contributed by atoms with Gasteiger partial charge in [0.25, 0.3) is 5.91 Å². The van der Waals surface area contributed by atoms with E-state index in [1.807, 2.05) is 58.8 Å². The predicted molar refractivity (Wildman–Crippen MR) is 110 cm³/mol. The van der Waals surface area contributed by atoms with Crippen LogP contribution in [0.3, 0.4) is 0 Å². The molecule has 1 N–H and O–H groups in total. The number of benzene rings is 2. The van der Waals surface area contributed by atoms with Gasteiger partial charge in [-0.25, -0.2) is 4.98 Å². The number of nitrogens with one attached hydrogen (secondary N) is 1. The number of carbonyl (C=O) groups is 1. The number of thiazole rings is 1. The molecule has 0 aliphatic rings. The molecular weight excluding hydrogens is 386 g/mol. The molecule has 130 valence electrons. The Hall–Kier alpha value is -2.28. The van der Waals surface area contributed by atoms with Crippen molar-refractivity contribution in [2.45, 2.75) is 4.90 Å². The van der Waals surface area contributed by atoms with Crippen LogP contribution in [0.5, 0.6) is 0 Å². The van der Waals surface area contributed by atoms with Gasteiger partial charge in [0, 0.05) is 33.9 Å². The maximum absolute atomic E-state index is 12.5. The fourth-order valence-corrected chi connectivity index (χ4v) is 3.94. The van der Waals surface area contributed by atoms with Gasteiger partial charge in [-0.05, 0) is 36.6 Å². The second kappa shape index (κ2) is 7.15. The Morgan fingerprint density at radius 1 is 1.23 bits per heavy atom. The van der Waals surface area contributed by atoms with Crippen molar-refractivity contribution < 1.29 is 4.79 Å². The molecule has 0 atom stereocenters. The minimum atomic E-state index is -0.221. The average molecular weight is 400 g/mol. The molecule has 26 heavy (non-hydrogen) atoms. The fraction of sp³-hybridized carbons (Fsp3) is 0.0526. The van der Waals surface area contributed by atoms with Crippen molar-refractivity contribution in [1.29, 1.82) is 0 Å². The zero-order chi connectivity index (χ0) is 18.1. The molecule has 0 unspecified atom stereocenters. The molecule has 0 spiro atoms. The normalized spacial score (nSPS) is 11.0.